The Morgan fingerprint density at radius 1 is 0.821 bits per heavy atom. The molecule has 1 aromatic heterocycles. The highest BCUT2D eigenvalue weighted by Crippen LogP contribution is 2.33. The van der Waals surface area contributed by atoms with E-state index in [1.807, 2.05) is 17.8 Å². The van der Waals surface area contributed by atoms with E-state index in [4.69, 9.17) is 29.7 Å². The topological polar surface area (TPSA) is 245 Å². The van der Waals surface area contributed by atoms with E-state index in [9.17, 15) is 28.8 Å². The number of amides is 7. The Morgan fingerprint density at radius 3 is 2.22 bits per heavy atom. The van der Waals surface area contributed by atoms with Crippen molar-refractivity contribution in [3.63, 3.8) is 0 Å². The van der Waals surface area contributed by atoms with Gasteiger partial charge in [0.1, 0.15) is 5.82 Å². The van der Waals surface area contributed by atoms with Gasteiger partial charge in [0.2, 0.25) is 17.7 Å². The molecule has 6 rings (SSSR count). The summed E-state index contributed by atoms with van der Waals surface area (Å²) < 4.78 is 22.2. The van der Waals surface area contributed by atoms with Crippen LogP contribution in [0.1, 0.15) is 90.1 Å². The fourth-order valence-corrected chi connectivity index (χ4v) is 10.2. The SMILES string of the molecule is C=CC(=O)N1CCC(c2ccc(C(N)=O)c(Nc3ccc(C(=O)N4CCCC(NC(=O)CCOCCOCCOCCOCCNC(=O)CCCC[C@@H]5SCC6NC(=O)NC65)C4)cc3)n2)CC1. The van der Waals surface area contributed by atoms with E-state index in [1.54, 1.807) is 40.1 Å². The van der Waals surface area contributed by atoms with Crippen LogP contribution in [0, 0.1) is 0 Å². The lowest BCUT2D eigenvalue weighted by Gasteiger charge is -2.33. The van der Waals surface area contributed by atoms with Crippen LogP contribution in [0.25, 0.3) is 0 Å². The highest BCUT2D eigenvalue weighted by molar-refractivity contribution is 8.00. The van der Waals surface area contributed by atoms with Gasteiger partial charge in [0.25, 0.3) is 11.8 Å². The number of aromatic nitrogens is 1. The number of nitrogens with two attached hydrogens (primary N) is 1. The van der Waals surface area contributed by atoms with Gasteiger partial charge in [0.15, 0.2) is 0 Å². The summed E-state index contributed by atoms with van der Waals surface area (Å²) in [6, 6.07) is 10.6. The fraction of sp³-hybridized carbons (Fsp3) is 0.596. The molecule has 366 valence electrons. The molecule has 5 heterocycles. The Bertz CT molecular complexity index is 1990. The van der Waals surface area contributed by atoms with Crippen LogP contribution in [0.15, 0.2) is 49.1 Å². The molecule has 20 heteroatoms. The number of fused-ring (bicyclic) bond motifs is 1. The second-order valence-electron chi connectivity index (χ2n) is 17.1. The van der Waals surface area contributed by atoms with E-state index in [0.29, 0.717) is 108 Å². The van der Waals surface area contributed by atoms with Gasteiger partial charge in [-0.3, -0.25) is 24.0 Å². The number of primary amides is 1. The lowest BCUT2D eigenvalue weighted by Crippen LogP contribution is -2.49. The van der Waals surface area contributed by atoms with Crippen LogP contribution in [-0.2, 0) is 33.3 Å². The van der Waals surface area contributed by atoms with Crippen LogP contribution in [0.4, 0.5) is 16.3 Å². The first kappa shape index (κ1) is 51.1. The number of unbranched alkanes of at least 4 members (excludes halogenated alkanes) is 1. The van der Waals surface area contributed by atoms with Gasteiger partial charge in [-0.15, -0.1) is 0 Å². The molecular formula is C47H67N9O10S. The minimum Gasteiger partial charge on any atom is -0.379 e. The Balaban J connectivity index is 0.757. The number of hydrogen-bond acceptors (Lipinski definition) is 13. The van der Waals surface area contributed by atoms with Gasteiger partial charge in [0.05, 0.1) is 70.5 Å². The number of pyridine rings is 1. The number of rotatable bonds is 27. The van der Waals surface area contributed by atoms with Crippen molar-refractivity contribution in [2.45, 2.75) is 87.1 Å². The van der Waals surface area contributed by atoms with Crippen molar-refractivity contribution in [2.24, 2.45) is 5.73 Å². The predicted octanol–water partition coefficient (Wildman–Crippen LogP) is 2.84. The highest BCUT2D eigenvalue weighted by Gasteiger charge is 2.42. The number of likely N-dealkylation sites (tertiary alicyclic amines) is 2. The van der Waals surface area contributed by atoms with Gasteiger partial charge in [-0.1, -0.05) is 13.0 Å². The highest BCUT2D eigenvalue weighted by atomic mass is 32.2. The summed E-state index contributed by atoms with van der Waals surface area (Å²) >= 11 is 1.89. The lowest BCUT2D eigenvalue weighted by molar-refractivity contribution is -0.127. The maximum atomic E-state index is 13.5. The van der Waals surface area contributed by atoms with Gasteiger partial charge in [-0.05, 0) is 81.0 Å². The molecule has 4 saturated heterocycles. The number of nitrogens with one attached hydrogen (secondary N) is 5. The maximum absolute atomic E-state index is 13.5. The van der Waals surface area contributed by atoms with Crippen LogP contribution >= 0.6 is 11.8 Å². The maximum Gasteiger partial charge on any atom is 0.315 e. The van der Waals surface area contributed by atoms with Crippen LogP contribution in [0.3, 0.4) is 0 Å². The molecule has 19 nitrogen and oxygen atoms in total. The van der Waals surface area contributed by atoms with Crippen molar-refractivity contribution in [1.29, 1.82) is 0 Å². The van der Waals surface area contributed by atoms with Crippen molar-refractivity contribution in [2.75, 3.05) is 96.6 Å². The Morgan fingerprint density at radius 2 is 1.52 bits per heavy atom. The monoisotopic (exact) mass is 949 g/mol. The zero-order valence-electron chi connectivity index (χ0n) is 38.3. The van der Waals surface area contributed by atoms with Gasteiger partial charge >= 0.3 is 6.03 Å². The van der Waals surface area contributed by atoms with Crippen LogP contribution < -0.4 is 32.3 Å². The van der Waals surface area contributed by atoms with E-state index in [-0.39, 0.29) is 72.3 Å². The third-order valence-corrected chi connectivity index (χ3v) is 13.8. The first-order chi connectivity index (χ1) is 32.6. The summed E-state index contributed by atoms with van der Waals surface area (Å²) in [6.45, 7) is 9.20. The molecule has 0 bridgehead atoms. The van der Waals surface area contributed by atoms with Crippen LogP contribution in [-0.4, -0.2) is 165 Å². The number of urea groups is 1. The largest absolute Gasteiger partial charge is 0.379 e. The van der Waals surface area contributed by atoms with E-state index in [1.165, 1.54) is 6.08 Å². The number of anilines is 2. The molecule has 2 aromatic rings. The summed E-state index contributed by atoms with van der Waals surface area (Å²) in [5.74, 6) is 0.426. The molecule has 7 N–H and O–H groups in total. The minimum atomic E-state index is -0.615. The molecule has 3 unspecified atom stereocenters. The summed E-state index contributed by atoms with van der Waals surface area (Å²) in [6.07, 6.45) is 7.76. The molecule has 0 aliphatic carbocycles. The van der Waals surface area contributed by atoms with Crippen molar-refractivity contribution < 1.29 is 47.7 Å². The molecule has 0 radical (unpaired) electrons. The summed E-state index contributed by atoms with van der Waals surface area (Å²) in [5, 5.41) is 15.5. The van der Waals surface area contributed by atoms with E-state index < -0.39 is 5.91 Å². The minimum absolute atomic E-state index is 0.0181. The molecule has 1 aromatic carbocycles. The first-order valence-electron chi connectivity index (χ1n) is 23.5. The Labute approximate surface area is 396 Å². The summed E-state index contributed by atoms with van der Waals surface area (Å²) in [5.41, 5.74) is 7.86. The van der Waals surface area contributed by atoms with Crippen LogP contribution in [0.5, 0.6) is 0 Å². The Hall–Kier alpha value is -5.28. The normalized spacial score (nSPS) is 20.4. The first-order valence-corrected chi connectivity index (χ1v) is 24.6. The smallest absolute Gasteiger partial charge is 0.315 e. The fourth-order valence-electron chi connectivity index (χ4n) is 8.67. The molecular weight excluding hydrogens is 883 g/mol. The van der Waals surface area contributed by atoms with E-state index >= 15 is 0 Å². The lowest BCUT2D eigenvalue weighted by atomic mass is 9.92. The number of carbonyl (C=O) groups is 6. The quantitative estimate of drug-likeness (QED) is 0.0430. The molecule has 4 atom stereocenters. The molecule has 4 fully saturated rings. The standard InChI is InChI=1S/C47H67N9O10S/c1-2-42(59)55-20-15-32(16-21-55)37-14-13-36(44(48)60)45(52-37)51-34-11-9-33(10-12-34)46(61)56-19-5-6-35(30-56)50-41(58)17-22-63-24-26-65-28-29-66-27-25-64-23-18-49-40(57)8-4-3-7-39-43-38(31-67-39)53-47(62)54-43/h2,9-14,32,35,38-39,43H,1,3-8,15-31H2,(H2,48,60)(H,49,57)(H,50,58)(H,51,52)(H2,53,54,62)/t35?,38?,39-,43?/m0/s1. The number of carbonyl (C=O) groups excluding carboxylic acids is 6. The average molecular weight is 950 g/mol. The van der Waals surface area contributed by atoms with E-state index in [0.717, 1.165) is 56.4 Å². The third kappa shape index (κ3) is 16.2. The number of benzene rings is 1. The number of nitrogens with zero attached hydrogens (tertiary/aromatic N) is 3. The summed E-state index contributed by atoms with van der Waals surface area (Å²) in [4.78, 5) is 82.4. The third-order valence-electron chi connectivity index (χ3n) is 12.3. The molecule has 4 aliphatic rings. The van der Waals surface area contributed by atoms with Crippen molar-refractivity contribution in [3.8, 4) is 0 Å². The summed E-state index contributed by atoms with van der Waals surface area (Å²) in [7, 11) is 0. The number of ether oxygens (including phenoxy) is 4. The second-order valence-corrected chi connectivity index (χ2v) is 18.3. The van der Waals surface area contributed by atoms with Gasteiger partial charge in [-0.2, -0.15) is 11.8 Å². The Kier molecular flexibility index (Phi) is 20.5. The number of thioether (sulfide) groups is 1. The molecule has 7 amide bonds. The van der Waals surface area contributed by atoms with Gasteiger partial charge in [-0.25, -0.2) is 9.78 Å². The van der Waals surface area contributed by atoms with Gasteiger partial charge < -0.3 is 61.1 Å². The second kappa shape index (κ2) is 26.9. The molecule has 4 aliphatic heterocycles. The zero-order valence-corrected chi connectivity index (χ0v) is 39.1. The van der Waals surface area contributed by atoms with Crippen LogP contribution in [0.2, 0.25) is 0 Å². The van der Waals surface area contributed by atoms with E-state index in [2.05, 4.69) is 33.2 Å². The zero-order chi connectivity index (χ0) is 47.4. The molecule has 67 heavy (non-hydrogen) atoms. The molecule has 0 spiro atoms. The number of piperidine rings is 2. The predicted molar refractivity (Wildman–Crippen MR) is 253 cm³/mol. The van der Waals surface area contributed by atoms with Crippen molar-refractivity contribution in [1.82, 2.24) is 36.1 Å². The number of hydrogen-bond donors (Lipinski definition) is 6. The molecule has 0 saturated carbocycles. The van der Waals surface area contributed by atoms with Crippen molar-refractivity contribution >= 4 is 58.8 Å². The van der Waals surface area contributed by atoms with Crippen molar-refractivity contribution in [3.05, 3.63) is 65.9 Å². The van der Waals surface area contributed by atoms with Gasteiger partial charge in [0, 0.05) is 85.5 Å². The average Bonchev–Trinajstić information content (AvgIpc) is 3.90.